The molecule has 0 aromatic carbocycles. The number of halogens is 1. The summed E-state index contributed by atoms with van der Waals surface area (Å²) in [6.07, 6.45) is 0.277. The SMILES string of the molecule is N[C@H](CC(CCCl)C(=O)OCCO)C(=O)O. The fraction of sp³-hybridized carbons (Fsp3) is 0.778. The van der Waals surface area contributed by atoms with Crippen LogP contribution in [0.4, 0.5) is 0 Å². The molecule has 0 aliphatic carbocycles. The second-order valence-corrected chi connectivity index (χ2v) is 3.62. The summed E-state index contributed by atoms with van der Waals surface area (Å²) >= 11 is 5.49. The van der Waals surface area contributed by atoms with Crippen LogP contribution in [0.1, 0.15) is 12.8 Å². The van der Waals surface area contributed by atoms with Crippen molar-refractivity contribution >= 4 is 23.5 Å². The van der Waals surface area contributed by atoms with Crippen molar-refractivity contribution in [1.82, 2.24) is 0 Å². The van der Waals surface area contributed by atoms with E-state index in [1.54, 1.807) is 0 Å². The monoisotopic (exact) mass is 253 g/mol. The van der Waals surface area contributed by atoms with Gasteiger partial charge in [0.05, 0.1) is 12.5 Å². The molecule has 0 saturated heterocycles. The average molecular weight is 254 g/mol. The zero-order valence-electron chi connectivity index (χ0n) is 8.76. The number of hydrogen-bond acceptors (Lipinski definition) is 5. The topological polar surface area (TPSA) is 110 Å². The Labute approximate surface area is 98.3 Å². The van der Waals surface area contributed by atoms with Crippen LogP contribution in [-0.4, -0.2) is 47.3 Å². The van der Waals surface area contributed by atoms with Crippen molar-refractivity contribution in [2.24, 2.45) is 11.7 Å². The van der Waals surface area contributed by atoms with E-state index in [0.717, 1.165) is 0 Å². The fourth-order valence-electron chi connectivity index (χ4n) is 1.14. The predicted octanol–water partition coefficient (Wildman–Crippen LogP) is -0.431. The van der Waals surface area contributed by atoms with Crippen molar-refractivity contribution in [2.75, 3.05) is 19.1 Å². The average Bonchev–Trinajstić information content (AvgIpc) is 2.24. The normalized spacial score (nSPS) is 14.2. The Morgan fingerprint density at radius 2 is 2.06 bits per heavy atom. The number of carboxylic acid groups (broad SMARTS) is 1. The zero-order valence-corrected chi connectivity index (χ0v) is 9.52. The van der Waals surface area contributed by atoms with E-state index in [1.807, 2.05) is 0 Å². The van der Waals surface area contributed by atoms with E-state index in [9.17, 15) is 9.59 Å². The van der Waals surface area contributed by atoms with Crippen molar-refractivity contribution in [3.8, 4) is 0 Å². The van der Waals surface area contributed by atoms with Gasteiger partial charge in [0.15, 0.2) is 0 Å². The van der Waals surface area contributed by atoms with Gasteiger partial charge in [-0.3, -0.25) is 9.59 Å². The minimum absolute atomic E-state index is 0.0215. The summed E-state index contributed by atoms with van der Waals surface area (Å²) in [5, 5.41) is 17.1. The van der Waals surface area contributed by atoms with Crippen LogP contribution in [0.3, 0.4) is 0 Å². The van der Waals surface area contributed by atoms with Crippen molar-refractivity contribution in [3.05, 3.63) is 0 Å². The van der Waals surface area contributed by atoms with Gasteiger partial charge in [-0.05, 0) is 12.8 Å². The van der Waals surface area contributed by atoms with Crippen molar-refractivity contribution in [1.29, 1.82) is 0 Å². The molecule has 4 N–H and O–H groups in total. The molecule has 0 rings (SSSR count). The molecule has 16 heavy (non-hydrogen) atoms. The van der Waals surface area contributed by atoms with Gasteiger partial charge in [-0.25, -0.2) is 0 Å². The van der Waals surface area contributed by atoms with Crippen molar-refractivity contribution in [3.63, 3.8) is 0 Å². The van der Waals surface area contributed by atoms with Crippen LogP contribution in [0.5, 0.6) is 0 Å². The molecule has 0 aromatic rings. The standard InChI is InChI=1S/C9H16ClNO5/c10-2-1-6(5-7(11)8(13)14)9(15)16-4-3-12/h6-7,12H,1-5,11H2,(H,13,14)/t6?,7-/m1/s1. The number of aliphatic hydroxyl groups is 1. The largest absolute Gasteiger partial charge is 0.480 e. The highest BCUT2D eigenvalue weighted by molar-refractivity contribution is 6.17. The highest BCUT2D eigenvalue weighted by Crippen LogP contribution is 2.14. The third-order valence-corrected chi connectivity index (χ3v) is 2.20. The van der Waals surface area contributed by atoms with E-state index in [0.29, 0.717) is 6.42 Å². The second-order valence-electron chi connectivity index (χ2n) is 3.25. The minimum atomic E-state index is -1.17. The lowest BCUT2D eigenvalue weighted by Gasteiger charge is -2.16. The predicted molar refractivity (Wildman–Crippen MR) is 57.1 cm³/mol. The molecule has 0 bridgehead atoms. The number of alkyl halides is 1. The van der Waals surface area contributed by atoms with Gasteiger partial charge in [0.1, 0.15) is 12.6 Å². The summed E-state index contributed by atoms with van der Waals surface area (Å²) < 4.78 is 4.69. The van der Waals surface area contributed by atoms with Gasteiger partial charge in [-0.1, -0.05) is 0 Å². The van der Waals surface area contributed by atoms with E-state index in [2.05, 4.69) is 0 Å². The molecule has 94 valence electrons. The Kier molecular flexibility index (Phi) is 7.88. The molecule has 0 radical (unpaired) electrons. The number of carbonyl (C=O) groups excluding carboxylic acids is 1. The minimum Gasteiger partial charge on any atom is -0.480 e. The molecule has 0 amide bonds. The summed E-state index contributed by atoms with van der Waals surface area (Å²) in [5.74, 6) is -2.18. The molecule has 0 aliphatic heterocycles. The lowest BCUT2D eigenvalue weighted by molar-refractivity contribution is -0.150. The first-order valence-corrected chi connectivity index (χ1v) is 5.38. The first kappa shape index (κ1) is 15.2. The van der Waals surface area contributed by atoms with E-state index in [1.165, 1.54) is 0 Å². The van der Waals surface area contributed by atoms with E-state index >= 15 is 0 Å². The Morgan fingerprint density at radius 3 is 2.50 bits per heavy atom. The molecule has 0 spiro atoms. The first-order chi connectivity index (χ1) is 7.52. The Hall–Kier alpha value is -0.850. The van der Waals surface area contributed by atoms with Crippen LogP contribution in [0.15, 0.2) is 0 Å². The molecule has 2 atom stereocenters. The number of carboxylic acids is 1. The summed E-state index contributed by atoms with van der Waals surface area (Å²) in [7, 11) is 0. The highest BCUT2D eigenvalue weighted by Gasteiger charge is 2.25. The van der Waals surface area contributed by atoms with E-state index in [-0.39, 0.29) is 25.5 Å². The molecule has 0 aliphatic rings. The van der Waals surface area contributed by atoms with Gasteiger partial charge < -0.3 is 20.7 Å². The quantitative estimate of drug-likeness (QED) is 0.400. The highest BCUT2D eigenvalue weighted by atomic mass is 35.5. The third kappa shape index (κ3) is 5.89. The smallest absolute Gasteiger partial charge is 0.320 e. The van der Waals surface area contributed by atoms with Gasteiger partial charge in [0, 0.05) is 5.88 Å². The number of aliphatic hydroxyl groups excluding tert-OH is 1. The Balaban J connectivity index is 4.24. The van der Waals surface area contributed by atoms with Gasteiger partial charge in [0.2, 0.25) is 0 Å². The summed E-state index contributed by atoms with van der Waals surface area (Å²) in [6.45, 7) is -0.385. The summed E-state index contributed by atoms with van der Waals surface area (Å²) in [5.41, 5.74) is 5.31. The molecule has 0 saturated carbocycles. The maximum absolute atomic E-state index is 11.4. The molecule has 1 unspecified atom stereocenters. The molecular weight excluding hydrogens is 238 g/mol. The third-order valence-electron chi connectivity index (χ3n) is 1.98. The maximum Gasteiger partial charge on any atom is 0.320 e. The Morgan fingerprint density at radius 1 is 1.44 bits per heavy atom. The molecule has 0 aromatic heterocycles. The number of aliphatic carboxylic acids is 1. The van der Waals surface area contributed by atoms with Gasteiger partial charge in [-0.15, -0.1) is 11.6 Å². The first-order valence-electron chi connectivity index (χ1n) is 4.84. The number of carbonyl (C=O) groups is 2. The van der Waals surface area contributed by atoms with Crippen LogP contribution < -0.4 is 5.73 Å². The molecular formula is C9H16ClNO5. The maximum atomic E-state index is 11.4. The van der Waals surface area contributed by atoms with E-state index in [4.69, 9.17) is 32.3 Å². The number of hydrogen-bond donors (Lipinski definition) is 3. The van der Waals surface area contributed by atoms with Gasteiger partial charge in [0.25, 0.3) is 0 Å². The summed E-state index contributed by atoms with van der Waals surface area (Å²) in [6, 6.07) is -1.12. The van der Waals surface area contributed by atoms with Crippen molar-refractivity contribution in [2.45, 2.75) is 18.9 Å². The van der Waals surface area contributed by atoms with Crippen LogP contribution in [0.2, 0.25) is 0 Å². The molecule has 7 heteroatoms. The number of esters is 1. The summed E-state index contributed by atoms with van der Waals surface area (Å²) in [4.78, 5) is 21.9. The van der Waals surface area contributed by atoms with Crippen LogP contribution >= 0.6 is 11.6 Å². The van der Waals surface area contributed by atoms with Crippen LogP contribution in [-0.2, 0) is 14.3 Å². The second kappa shape index (κ2) is 8.32. The molecule has 6 nitrogen and oxygen atoms in total. The van der Waals surface area contributed by atoms with Crippen LogP contribution in [0, 0.1) is 5.92 Å². The Bertz CT molecular complexity index is 236. The van der Waals surface area contributed by atoms with E-state index < -0.39 is 23.9 Å². The lowest BCUT2D eigenvalue weighted by atomic mass is 9.98. The number of nitrogens with two attached hydrogens (primary N) is 1. The van der Waals surface area contributed by atoms with Crippen LogP contribution in [0.25, 0.3) is 0 Å². The molecule has 0 fully saturated rings. The van der Waals surface area contributed by atoms with Crippen molar-refractivity contribution < 1.29 is 24.5 Å². The van der Waals surface area contributed by atoms with Gasteiger partial charge >= 0.3 is 11.9 Å². The molecule has 0 heterocycles. The zero-order chi connectivity index (χ0) is 12.6. The fourth-order valence-corrected chi connectivity index (χ4v) is 1.40. The number of rotatable bonds is 8. The van der Waals surface area contributed by atoms with Gasteiger partial charge in [-0.2, -0.15) is 0 Å². The lowest BCUT2D eigenvalue weighted by Crippen LogP contribution is -2.35. The number of ether oxygens (including phenoxy) is 1.